The molecular formula is C20H19FN2O2. The van der Waals surface area contributed by atoms with Crippen molar-refractivity contribution >= 4 is 22.6 Å². The van der Waals surface area contributed by atoms with Crippen LogP contribution in [0.1, 0.15) is 19.8 Å². The molecule has 0 spiro atoms. The van der Waals surface area contributed by atoms with E-state index in [1.807, 2.05) is 13.0 Å². The van der Waals surface area contributed by atoms with Crippen molar-refractivity contribution in [3.63, 3.8) is 0 Å². The molecule has 0 radical (unpaired) electrons. The van der Waals surface area contributed by atoms with E-state index in [2.05, 4.69) is 5.32 Å². The number of rotatable bonds is 4. The molecule has 0 aliphatic rings. The van der Waals surface area contributed by atoms with Crippen LogP contribution in [0.4, 0.5) is 10.2 Å². The van der Waals surface area contributed by atoms with Crippen LogP contribution in [-0.2, 0) is 11.8 Å². The van der Waals surface area contributed by atoms with Gasteiger partial charge in [-0.25, -0.2) is 4.39 Å². The van der Waals surface area contributed by atoms with Gasteiger partial charge in [0.25, 0.3) is 0 Å². The first-order chi connectivity index (χ1) is 12.0. The fourth-order valence-corrected chi connectivity index (χ4v) is 2.97. The van der Waals surface area contributed by atoms with E-state index >= 15 is 0 Å². The van der Waals surface area contributed by atoms with Gasteiger partial charge in [-0.15, -0.1) is 0 Å². The lowest BCUT2D eigenvalue weighted by Crippen LogP contribution is -2.21. The largest absolute Gasteiger partial charge is 0.330 e. The van der Waals surface area contributed by atoms with Gasteiger partial charge in [-0.05, 0) is 24.6 Å². The minimum absolute atomic E-state index is 0.170. The maximum atomic E-state index is 14.4. The maximum absolute atomic E-state index is 14.4. The van der Waals surface area contributed by atoms with Gasteiger partial charge in [0.1, 0.15) is 11.6 Å². The van der Waals surface area contributed by atoms with Crippen LogP contribution in [-0.4, -0.2) is 10.5 Å². The number of hydrogen-bond donors (Lipinski definition) is 1. The fraction of sp³-hybridized carbons (Fsp3) is 0.200. The number of benzene rings is 2. The molecule has 0 saturated heterocycles. The number of nitrogens with one attached hydrogen (secondary N) is 1. The summed E-state index contributed by atoms with van der Waals surface area (Å²) in [5.74, 6) is -0.390. The molecule has 128 valence electrons. The van der Waals surface area contributed by atoms with E-state index in [1.54, 1.807) is 48.0 Å². The van der Waals surface area contributed by atoms with Crippen LogP contribution < -0.4 is 10.7 Å². The monoisotopic (exact) mass is 338 g/mol. The second-order valence-corrected chi connectivity index (χ2v) is 5.91. The summed E-state index contributed by atoms with van der Waals surface area (Å²) in [6.45, 7) is 1.90. The number of carbonyl (C=O) groups excluding carboxylic acids is 1. The van der Waals surface area contributed by atoms with Gasteiger partial charge in [0.05, 0.1) is 11.1 Å². The minimum Gasteiger partial charge on any atom is -0.330 e. The standard InChI is InChI=1S/C20H19FN2O2/c1-3-8-17(24)22-20-18(13-9-4-6-11-15(13)21)19(25)14-10-5-7-12-16(14)23(20)2/h4-7,9-12H,3,8H2,1-2H3,(H,22,24). The molecule has 5 heteroatoms. The minimum atomic E-state index is -0.499. The van der Waals surface area contributed by atoms with Crippen molar-refractivity contribution in [3.8, 4) is 11.1 Å². The molecule has 0 aliphatic carbocycles. The van der Waals surface area contributed by atoms with Crippen LogP contribution in [0.3, 0.4) is 0 Å². The van der Waals surface area contributed by atoms with Crippen LogP contribution in [0.2, 0.25) is 0 Å². The third kappa shape index (κ3) is 3.05. The Bertz CT molecular complexity index is 1010. The molecule has 1 amide bonds. The van der Waals surface area contributed by atoms with Gasteiger partial charge >= 0.3 is 0 Å². The average molecular weight is 338 g/mol. The Morgan fingerprint density at radius 1 is 1.12 bits per heavy atom. The molecule has 0 saturated carbocycles. The highest BCUT2D eigenvalue weighted by molar-refractivity contribution is 5.98. The summed E-state index contributed by atoms with van der Waals surface area (Å²) in [6, 6.07) is 13.2. The zero-order valence-corrected chi connectivity index (χ0v) is 14.2. The zero-order valence-electron chi connectivity index (χ0n) is 14.2. The van der Waals surface area contributed by atoms with Crippen molar-refractivity contribution < 1.29 is 9.18 Å². The van der Waals surface area contributed by atoms with Gasteiger partial charge in [-0.3, -0.25) is 9.59 Å². The predicted molar refractivity (Wildman–Crippen MR) is 98.1 cm³/mol. The molecule has 1 heterocycles. The summed E-state index contributed by atoms with van der Waals surface area (Å²) in [4.78, 5) is 25.2. The number of aryl methyl sites for hydroxylation is 1. The van der Waals surface area contributed by atoms with E-state index in [-0.39, 0.29) is 22.5 Å². The number of carbonyl (C=O) groups is 1. The Hall–Kier alpha value is -2.95. The number of para-hydroxylation sites is 1. The summed E-state index contributed by atoms with van der Waals surface area (Å²) < 4.78 is 16.1. The number of anilines is 1. The molecule has 0 atom stereocenters. The van der Waals surface area contributed by atoms with Crippen LogP contribution in [0.15, 0.2) is 53.3 Å². The average Bonchev–Trinajstić information content (AvgIpc) is 2.61. The van der Waals surface area contributed by atoms with Gasteiger partial charge in [-0.1, -0.05) is 37.3 Å². The van der Waals surface area contributed by atoms with Gasteiger partial charge < -0.3 is 9.88 Å². The summed E-state index contributed by atoms with van der Waals surface area (Å²) in [6.07, 6.45) is 1.01. The van der Waals surface area contributed by atoms with Crippen molar-refractivity contribution in [3.05, 3.63) is 64.6 Å². The number of amides is 1. The number of pyridine rings is 1. The highest BCUT2D eigenvalue weighted by Crippen LogP contribution is 2.30. The van der Waals surface area contributed by atoms with E-state index in [9.17, 15) is 14.0 Å². The topological polar surface area (TPSA) is 51.1 Å². The van der Waals surface area contributed by atoms with E-state index in [1.165, 1.54) is 6.07 Å². The Kier molecular flexibility index (Phi) is 4.65. The van der Waals surface area contributed by atoms with Crippen LogP contribution in [0, 0.1) is 5.82 Å². The molecule has 1 N–H and O–H groups in total. The molecule has 0 fully saturated rings. The number of fused-ring (bicyclic) bond motifs is 1. The van der Waals surface area contributed by atoms with Crippen molar-refractivity contribution in [2.75, 3.05) is 5.32 Å². The third-order valence-corrected chi connectivity index (χ3v) is 4.19. The Morgan fingerprint density at radius 2 is 1.80 bits per heavy atom. The molecule has 25 heavy (non-hydrogen) atoms. The highest BCUT2D eigenvalue weighted by Gasteiger charge is 2.20. The van der Waals surface area contributed by atoms with E-state index in [4.69, 9.17) is 0 Å². The van der Waals surface area contributed by atoms with E-state index < -0.39 is 5.82 Å². The van der Waals surface area contributed by atoms with Gasteiger partial charge in [0.15, 0.2) is 5.43 Å². The van der Waals surface area contributed by atoms with Crippen molar-refractivity contribution in [2.24, 2.45) is 7.05 Å². The van der Waals surface area contributed by atoms with Gasteiger partial charge in [0, 0.05) is 24.4 Å². The third-order valence-electron chi connectivity index (χ3n) is 4.19. The summed E-state index contributed by atoms with van der Waals surface area (Å²) in [5, 5.41) is 3.28. The normalized spacial score (nSPS) is 10.8. The Labute approximate surface area is 144 Å². The first-order valence-electron chi connectivity index (χ1n) is 8.21. The first kappa shape index (κ1) is 16.9. The number of halogens is 1. The Morgan fingerprint density at radius 3 is 2.52 bits per heavy atom. The molecule has 3 rings (SSSR count). The van der Waals surface area contributed by atoms with Crippen LogP contribution in [0.25, 0.3) is 22.0 Å². The van der Waals surface area contributed by atoms with E-state index in [0.717, 1.165) is 0 Å². The molecule has 0 bridgehead atoms. The van der Waals surface area contributed by atoms with Crippen LogP contribution >= 0.6 is 0 Å². The molecule has 4 nitrogen and oxygen atoms in total. The zero-order chi connectivity index (χ0) is 18.0. The molecule has 3 aromatic rings. The molecule has 1 aromatic heterocycles. The van der Waals surface area contributed by atoms with Gasteiger partial charge in [0.2, 0.25) is 5.91 Å². The molecule has 2 aromatic carbocycles. The molecule has 0 unspecified atom stereocenters. The van der Waals surface area contributed by atoms with Crippen molar-refractivity contribution in [2.45, 2.75) is 19.8 Å². The smallest absolute Gasteiger partial charge is 0.225 e. The lowest BCUT2D eigenvalue weighted by atomic mass is 10.0. The SMILES string of the molecule is CCCC(=O)Nc1c(-c2ccccc2F)c(=O)c2ccccc2n1C. The fourth-order valence-electron chi connectivity index (χ4n) is 2.97. The number of aromatic nitrogens is 1. The highest BCUT2D eigenvalue weighted by atomic mass is 19.1. The quantitative estimate of drug-likeness (QED) is 0.779. The van der Waals surface area contributed by atoms with Gasteiger partial charge in [-0.2, -0.15) is 0 Å². The van der Waals surface area contributed by atoms with Crippen molar-refractivity contribution in [1.82, 2.24) is 4.57 Å². The molecule has 0 aliphatic heterocycles. The first-order valence-corrected chi connectivity index (χ1v) is 8.21. The lowest BCUT2D eigenvalue weighted by Gasteiger charge is -2.18. The van der Waals surface area contributed by atoms with E-state index in [0.29, 0.717) is 29.6 Å². The summed E-state index contributed by atoms with van der Waals surface area (Å²) in [5.41, 5.74) is 0.731. The lowest BCUT2D eigenvalue weighted by molar-refractivity contribution is -0.116. The van der Waals surface area contributed by atoms with Crippen LogP contribution in [0.5, 0.6) is 0 Å². The summed E-state index contributed by atoms with van der Waals surface area (Å²) >= 11 is 0. The number of hydrogen-bond acceptors (Lipinski definition) is 2. The maximum Gasteiger partial charge on any atom is 0.225 e. The summed E-state index contributed by atoms with van der Waals surface area (Å²) in [7, 11) is 1.76. The second-order valence-electron chi connectivity index (χ2n) is 5.91. The Balaban J connectivity index is 2.36. The second kappa shape index (κ2) is 6.89. The number of nitrogens with zero attached hydrogens (tertiary/aromatic N) is 1. The van der Waals surface area contributed by atoms with Crippen molar-refractivity contribution in [1.29, 1.82) is 0 Å². The molecular weight excluding hydrogens is 319 g/mol. The predicted octanol–water partition coefficient (Wildman–Crippen LogP) is 4.08.